The van der Waals surface area contributed by atoms with Crippen LogP contribution in [0.3, 0.4) is 0 Å². The number of benzene rings is 3. The molecule has 10 atom stereocenters. The van der Waals surface area contributed by atoms with Crippen LogP contribution >= 0.6 is 34.8 Å². The molecule has 0 bridgehead atoms. The van der Waals surface area contributed by atoms with E-state index in [-0.39, 0.29) is 35.7 Å². The first kappa shape index (κ1) is 42.5. The van der Waals surface area contributed by atoms with Crippen molar-refractivity contribution in [2.75, 3.05) is 6.61 Å². The molecule has 10 nitrogen and oxygen atoms in total. The molecule has 2 aliphatic heterocycles. The van der Waals surface area contributed by atoms with E-state index in [9.17, 15) is 5.53 Å². The van der Waals surface area contributed by atoms with E-state index >= 15 is 0 Å². The van der Waals surface area contributed by atoms with E-state index < -0.39 is 54.8 Å². The number of azide groups is 1. The molecule has 2 fully saturated rings. The lowest BCUT2D eigenvalue weighted by atomic mass is 9.85. The van der Waals surface area contributed by atoms with Crippen molar-refractivity contribution in [1.82, 2.24) is 0 Å². The van der Waals surface area contributed by atoms with Crippen LogP contribution in [0.2, 0.25) is 5.04 Å². The van der Waals surface area contributed by atoms with E-state index in [2.05, 4.69) is 68.9 Å². The number of hydrogen-bond donors (Lipinski definition) is 1. The zero-order chi connectivity index (χ0) is 39.3. The van der Waals surface area contributed by atoms with Crippen molar-refractivity contribution in [3.8, 4) is 0 Å². The predicted octanol–water partition coefficient (Wildman–Crippen LogP) is 8.95. The molecule has 5 rings (SSSR count). The number of nitrogens with one attached hydrogen (secondary N) is 1. The Kier molecular flexibility index (Phi) is 14.2. The van der Waals surface area contributed by atoms with Gasteiger partial charge < -0.3 is 28.1 Å². The largest absolute Gasteiger partial charge is 0.448 e. The average Bonchev–Trinajstić information content (AvgIpc) is 3.14. The van der Waals surface area contributed by atoms with Crippen LogP contribution in [0.1, 0.15) is 54.0 Å². The van der Waals surface area contributed by atoms with E-state index in [1.165, 1.54) is 0 Å². The summed E-state index contributed by atoms with van der Waals surface area (Å²) >= 11 is 18.1. The van der Waals surface area contributed by atoms with Crippen molar-refractivity contribution in [2.45, 2.75) is 107 Å². The zero-order valence-corrected chi connectivity index (χ0v) is 35.0. The monoisotopic (exact) mass is 816 g/mol. The highest BCUT2D eigenvalue weighted by Crippen LogP contribution is 2.41. The second-order valence-corrected chi connectivity index (χ2v) is 21.9. The van der Waals surface area contributed by atoms with Crippen molar-refractivity contribution >= 4 is 59.4 Å². The first-order chi connectivity index (χ1) is 25.6. The second kappa shape index (κ2) is 18.1. The van der Waals surface area contributed by atoms with Crippen molar-refractivity contribution in [3.05, 3.63) is 107 Å². The maximum absolute atomic E-state index is 9.68. The van der Waals surface area contributed by atoms with Gasteiger partial charge in [0.05, 0.1) is 31.5 Å². The van der Waals surface area contributed by atoms with E-state index in [4.69, 9.17) is 68.3 Å². The number of hydrogen-bond acceptors (Lipinski definition) is 8. The Balaban J connectivity index is 1.52. The summed E-state index contributed by atoms with van der Waals surface area (Å²) in [4.78, 5) is 3.10. The van der Waals surface area contributed by atoms with Crippen LogP contribution < -0.4 is 10.4 Å². The summed E-state index contributed by atoms with van der Waals surface area (Å²) in [5, 5.41) is 14.3. The average molecular weight is 818 g/mol. The van der Waals surface area contributed by atoms with Gasteiger partial charge in [0.1, 0.15) is 12.1 Å². The predicted molar refractivity (Wildman–Crippen MR) is 216 cm³/mol. The van der Waals surface area contributed by atoms with Gasteiger partial charge in [0.2, 0.25) is 12.2 Å². The Morgan fingerprint density at radius 2 is 1.35 bits per heavy atom. The molecule has 2 heterocycles. The van der Waals surface area contributed by atoms with E-state index in [0.717, 1.165) is 15.9 Å². The van der Waals surface area contributed by atoms with Crippen LogP contribution in [0.5, 0.6) is 0 Å². The van der Waals surface area contributed by atoms with Gasteiger partial charge in [-0.15, -0.1) is 0 Å². The van der Waals surface area contributed by atoms with Gasteiger partial charge in [0, 0.05) is 16.7 Å². The van der Waals surface area contributed by atoms with Gasteiger partial charge in [0.25, 0.3) is 12.1 Å². The number of alkyl halides is 3. The minimum Gasteiger partial charge on any atom is -0.448 e. The summed E-state index contributed by atoms with van der Waals surface area (Å²) < 4.78 is 37.7. The molecular formula is C40H51Cl3N4O6Si. The Bertz CT molecular complexity index is 1670. The molecular weight excluding hydrogens is 767 g/mol. The first-order valence-corrected chi connectivity index (χ1v) is 21.4. The normalized spacial score (nSPS) is 29.2. The molecule has 0 spiro atoms. The van der Waals surface area contributed by atoms with Crippen molar-refractivity contribution < 1.29 is 28.1 Å². The standard InChI is InChI=1S/C40H51Cl3N4O6Si/c1-25-28(4)50-36(27(3)34(25)48-23-29-17-11-8-12-18-29)52-35-26(2)33(46-47-45)37(53-38(44)40(41,42)43)51-32(35)24-49-54(39(5,6)7,30-19-13-9-14-20-30)31-21-15-10-16-22-31/h8-22,25-28,32-37,44H,23-24H2,1-7H3/t25-,26-,27?,28?,32?,33?,34-,35+,36+,37?/m1/s1. The Labute approximate surface area is 334 Å². The lowest BCUT2D eigenvalue weighted by molar-refractivity contribution is -0.318. The lowest BCUT2D eigenvalue weighted by Gasteiger charge is -2.49. The van der Waals surface area contributed by atoms with Crippen LogP contribution in [0, 0.1) is 23.2 Å². The molecule has 0 radical (unpaired) electrons. The maximum atomic E-state index is 9.68. The van der Waals surface area contributed by atoms with Crippen LogP contribution in [0.25, 0.3) is 10.4 Å². The van der Waals surface area contributed by atoms with E-state index in [1.54, 1.807) is 0 Å². The highest BCUT2D eigenvalue weighted by molar-refractivity contribution is 6.99. The molecule has 5 unspecified atom stereocenters. The topological polar surface area (TPSA) is 128 Å². The van der Waals surface area contributed by atoms with Crippen LogP contribution in [0.4, 0.5) is 0 Å². The number of ether oxygens (including phenoxy) is 5. The summed E-state index contributed by atoms with van der Waals surface area (Å²) in [6, 6.07) is 29.6. The molecule has 54 heavy (non-hydrogen) atoms. The summed E-state index contributed by atoms with van der Waals surface area (Å²) in [5.74, 6) is -1.29. The van der Waals surface area contributed by atoms with Crippen molar-refractivity contribution in [3.63, 3.8) is 0 Å². The summed E-state index contributed by atoms with van der Waals surface area (Å²) in [6.45, 7) is 15.2. The summed E-state index contributed by atoms with van der Waals surface area (Å²) in [6.07, 6.45) is -3.87. The lowest BCUT2D eigenvalue weighted by Crippen LogP contribution is -2.68. The van der Waals surface area contributed by atoms with E-state index in [1.807, 2.05) is 80.6 Å². The fourth-order valence-electron chi connectivity index (χ4n) is 7.67. The molecule has 0 amide bonds. The van der Waals surface area contributed by atoms with Gasteiger partial charge in [-0.1, -0.05) is 172 Å². The third kappa shape index (κ3) is 9.46. The molecule has 292 valence electrons. The van der Waals surface area contributed by atoms with Crippen LogP contribution in [-0.4, -0.2) is 67.7 Å². The molecule has 14 heteroatoms. The molecule has 1 N–H and O–H groups in total. The summed E-state index contributed by atoms with van der Waals surface area (Å²) in [5.41, 5.74) is 10.8. The molecule has 0 aliphatic carbocycles. The molecule has 2 aliphatic rings. The minimum absolute atomic E-state index is 0.0627. The van der Waals surface area contributed by atoms with Crippen molar-refractivity contribution in [2.24, 2.45) is 22.9 Å². The van der Waals surface area contributed by atoms with Gasteiger partial charge in [-0.3, -0.25) is 5.41 Å². The van der Waals surface area contributed by atoms with Gasteiger partial charge in [-0.25, -0.2) is 0 Å². The number of nitrogens with zero attached hydrogens (tertiary/aromatic N) is 3. The number of rotatable bonds is 12. The molecule has 2 saturated heterocycles. The Morgan fingerprint density at radius 1 is 0.796 bits per heavy atom. The van der Waals surface area contributed by atoms with Gasteiger partial charge in [-0.2, -0.15) is 0 Å². The second-order valence-electron chi connectivity index (χ2n) is 15.3. The number of halogens is 3. The van der Waals surface area contributed by atoms with Crippen LogP contribution in [-0.2, 0) is 34.7 Å². The van der Waals surface area contributed by atoms with Gasteiger partial charge in [-0.05, 0) is 39.3 Å². The molecule has 3 aromatic rings. The smallest absolute Gasteiger partial charge is 0.265 e. The fourth-order valence-corrected chi connectivity index (χ4v) is 12.4. The highest BCUT2D eigenvalue weighted by Gasteiger charge is 2.54. The van der Waals surface area contributed by atoms with Crippen molar-refractivity contribution in [1.29, 1.82) is 5.41 Å². The highest BCUT2D eigenvalue weighted by atomic mass is 35.6. The fraction of sp³-hybridized carbons (Fsp3) is 0.525. The first-order valence-electron chi connectivity index (χ1n) is 18.3. The SMILES string of the molecule is CC1O[C@@H](O[C@@H]2C(CO[Si](c3ccccc3)(c3ccccc3)C(C)(C)C)OC(OC(=N)C(Cl)(Cl)Cl)C(N=[N+]=[N-])[C@H]2C)C(C)[C@H](OCc2ccccc2)[C@@H]1C. The maximum Gasteiger partial charge on any atom is 0.265 e. The molecule has 0 saturated carbocycles. The van der Waals surface area contributed by atoms with Gasteiger partial charge in [0.15, 0.2) is 6.29 Å². The van der Waals surface area contributed by atoms with E-state index in [0.29, 0.717) is 6.61 Å². The Morgan fingerprint density at radius 3 is 1.87 bits per heavy atom. The molecule has 0 aromatic heterocycles. The third-order valence-electron chi connectivity index (χ3n) is 10.7. The third-order valence-corrected chi connectivity index (χ3v) is 16.2. The van der Waals surface area contributed by atoms with Crippen LogP contribution in [0.15, 0.2) is 96.1 Å². The zero-order valence-electron chi connectivity index (χ0n) is 31.8. The molecule has 3 aromatic carbocycles. The quantitative estimate of drug-likeness (QED) is 0.0370. The summed E-state index contributed by atoms with van der Waals surface area (Å²) in [7, 11) is -3.06. The minimum atomic E-state index is -3.06. The Hall–Kier alpha value is -2.67. The van der Waals surface area contributed by atoms with Gasteiger partial charge >= 0.3 is 0 Å².